The summed E-state index contributed by atoms with van der Waals surface area (Å²) in [6.45, 7) is 6.46. The lowest BCUT2D eigenvalue weighted by atomic mass is 9.87. The van der Waals surface area contributed by atoms with Crippen LogP contribution in [0.5, 0.6) is 11.5 Å². The molecule has 0 radical (unpaired) electrons. The van der Waals surface area contributed by atoms with Crippen molar-refractivity contribution in [3.05, 3.63) is 84.4 Å². The van der Waals surface area contributed by atoms with Crippen molar-refractivity contribution in [3.8, 4) is 22.6 Å². The van der Waals surface area contributed by atoms with Crippen LogP contribution in [-0.4, -0.2) is 10.2 Å². The monoisotopic (exact) mass is 320 g/mol. The second-order valence-electron chi connectivity index (χ2n) is 6.71. The molecule has 0 spiro atoms. The topological polar surface area (TPSA) is 40.5 Å². The minimum Gasteiger partial charge on any atom is -0.508 e. The van der Waals surface area contributed by atoms with Gasteiger partial charge in [0.2, 0.25) is 0 Å². The molecule has 0 unspecified atom stereocenters. The van der Waals surface area contributed by atoms with Crippen LogP contribution in [0.3, 0.4) is 0 Å². The van der Waals surface area contributed by atoms with E-state index in [0.29, 0.717) is 11.5 Å². The van der Waals surface area contributed by atoms with Gasteiger partial charge in [0.1, 0.15) is 11.5 Å². The lowest BCUT2D eigenvalue weighted by molar-refractivity contribution is 0.474. The molecular formula is C22H24O2. The lowest BCUT2D eigenvalue weighted by Gasteiger charge is -2.18. The van der Waals surface area contributed by atoms with E-state index < -0.39 is 0 Å². The van der Waals surface area contributed by atoms with Crippen molar-refractivity contribution in [2.24, 2.45) is 0 Å². The van der Waals surface area contributed by atoms with Gasteiger partial charge in [0.15, 0.2) is 0 Å². The maximum absolute atomic E-state index is 9.10. The van der Waals surface area contributed by atoms with E-state index in [4.69, 9.17) is 10.2 Å². The van der Waals surface area contributed by atoms with E-state index >= 15 is 0 Å². The SMILES string of the molecule is CC(C)(C)c1ccc(O)cc1.Oc1ccc(-c2ccccc2)cc1. The first-order valence-electron chi connectivity index (χ1n) is 8.00. The number of phenolic OH excluding ortho intramolecular Hbond substituents is 2. The van der Waals surface area contributed by atoms with Crippen molar-refractivity contribution in [1.29, 1.82) is 0 Å². The standard InChI is InChI=1S/C12H10O.C10H14O/c13-12-8-6-11(7-9-12)10-4-2-1-3-5-10;1-10(2,3)8-4-6-9(11)7-5-8/h1-9,13H;4-7,11H,1-3H3. The molecule has 3 rings (SSSR count). The number of phenols is 2. The van der Waals surface area contributed by atoms with Crippen LogP contribution in [0.25, 0.3) is 11.1 Å². The number of aromatic hydroxyl groups is 2. The van der Waals surface area contributed by atoms with Gasteiger partial charge in [-0.25, -0.2) is 0 Å². The van der Waals surface area contributed by atoms with Gasteiger partial charge in [-0.05, 0) is 46.4 Å². The summed E-state index contributed by atoms with van der Waals surface area (Å²) in [5.41, 5.74) is 3.71. The second kappa shape index (κ2) is 7.69. The molecule has 2 heteroatoms. The van der Waals surface area contributed by atoms with Gasteiger partial charge in [-0.1, -0.05) is 75.4 Å². The summed E-state index contributed by atoms with van der Waals surface area (Å²) in [6.07, 6.45) is 0. The molecule has 0 aliphatic rings. The molecule has 0 heterocycles. The fraction of sp³-hybridized carbons (Fsp3) is 0.182. The zero-order valence-electron chi connectivity index (χ0n) is 14.4. The zero-order chi connectivity index (χ0) is 17.6. The van der Waals surface area contributed by atoms with Crippen molar-refractivity contribution < 1.29 is 10.2 Å². The number of rotatable bonds is 1. The van der Waals surface area contributed by atoms with E-state index in [2.05, 4.69) is 20.8 Å². The minimum absolute atomic E-state index is 0.174. The Morgan fingerprint density at radius 1 is 0.542 bits per heavy atom. The zero-order valence-corrected chi connectivity index (χ0v) is 14.4. The molecule has 2 N–H and O–H groups in total. The Morgan fingerprint density at radius 2 is 0.958 bits per heavy atom. The highest BCUT2D eigenvalue weighted by molar-refractivity contribution is 5.63. The summed E-state index contributed by atoms with van der Waals surface area (Å²) in [4.78, 5) is 0. The summed E-state index contributed by atoms with van der Waals surface area (Å²) in [6, 6.07) is 24.7. The third-order valence-corrected chi connectivity index (χ3v) is 3.71. The van der Waals surface area contributed by atoms with Crippen LogP contribution in [0.1, 0.15) is 26.3 Å². The predicted octanol–water partition coefficient (Wildman–Crippen LogP) is 5.75. The van der Waals surface area contributed by atoms with E-state index in [-0.39, 0.29) is 5.41 Å². The van der Waals surface area contributed by atoms with Gasteiger partial charge in [-0.15, -0.1) is 0 Å². The molecule has 3 aromatic carbocycles. The van der Waals surface area contributed by atoms with E-state index in [1.54, 1.807) is 24.3 Å². The van der Waals surface area contributed by atoms with Crippen molar-refractivity contribution in [2.75, 3.05) is 0 Å². The van der Waals surface area contributed by atoms with Crippen LogP contribution in [0.4, 0.5) is 0 Å². The normalized spacial score (nSPS) is 10.6. The fourth-order valence-corrected chi connectivity index (χ4v) is 2.25. The number of hydrogen-bond acceptors (Lipinski definition) is 2. The van der Waals surface area contributed by atoms with Gasteiger partial charge in [-0.2, -0.15) is 0 Å². The fourth-order valence-electron chi connectivity index (χ4n) is 2.25. The molecule has 124 valence electrons. The average molecular weight is 320 g/mol. The Labute approximate surface area is 144 Å². The molecule has 0 aliphatic carbocycles. The van der Waals surface area contributed by atoms with E-state index in [9.17, 15) is 0 Å². The molecule has 0 aliphatic heterocycles. The third kappa shape index (κ3) is 5.17. The van der Waals surface area contributed by atoms with Crippen LogP contribution < -0.4 is 0 Å². The molecule has 0 fully saturated rings. The first-order valence-corrected chi connectivity index (χ1v) is 8.00. The van der Waals surface area contributed by atoms with Gasteiger partial charge in [0, 0.05) is 0 Å². The second-order valence-corrected chi connectivity index (χ2v) is 6.71. The first kappa shape index (κ1) is 17.6. The van der Waals surface area contributed by atoms with Gasteiger partial charge in [-0.3, -0.25) is 0 Å². The molecular weight excluding hydrogens is 296 g/mol. The van der Waals surface area contributed by atoms with Crippen LogP contribution in [0.15, 0.2) is 78.9 Å². The van der Waals surface area contributed by atoms with Crippen LogP contribution in [-0.2, 0) is 5.41 Å². The highest BCUT2D eigenvalue weighted by Gasteiger charge is 2.12. The summed E-state index contributed by atoms with van der Waals surface area (Å²) in [7, 11) is 0. The molecule has 2 nitrogen and oxygen atoms in total. The molecule has 0 atom stereocenters. The van der Waals surface area contributed by atoms with Gasteiger partial charge in [0.05, 0.1) is 0 Å². The quantitative estimate of drug-likeness (QED) is 0.599. The van der Waals surface area contributed by atoms with Crippen LogP contribution in [0.2, 0.25) is 0 Å². The summed E-state index contributed by atoms with van der Waals surface area (Å²) in [5.74, 6) is 0.637. The number of benzene rings is 3. The highest BCUT2D eigenvalue weighted by atomic mass is 16.3. The Bertz CT molecular complexity index is 737. The molecule has 0 aromatic heterocycles. The molecule has 0 saturated carbocycles. The molecule has 0 bridgehead atoms. The minimum atomic E-state index is 0.174. The number of hydrogen-bond donors (Lipinski definition) is 2. The van der Waals surface area contributed by atoms with Crippen molar-refractivity contribution in [1.82, 2.24) is 0 Å². The Morgan fingerprint density at radius 3 is 1.42 bits per heavy atom. The highest BCUT2D eigenvalue weighted by Crippen LogP contribution is 2.23. The van der Waals surface area contributed by atoms with Gasteiger partial charge >= 0.3 is 0 Å². The smallest absolute Gasteiger partial charge is 0.115 e. The average Bonchev–Trinajstić information content (AvgIpc) is 2.56. The predicted molar refractivity (Wildman–Crippen MR) is 100 cm³/mol. The summed E-state index contributed by atoms with van der Waals surface area (Å²) < 4.78 is 0. The van der Waals surface area contributed by atoms with Gasteiger partial charge in [0.25, 0.3) is 0 Å². The maximum Gasteiger partial charge on any atom is 0.115 e. The summed E-state index contributed by atoms with van der Waals surface area (Å²) in [5, 5.41) is 18.1. The van der Waals surface area contributed by atoms with Crippen molar-refractivity contribution >= 4 is 0 Å². The lowest BCUT2D eigenvalue weighted by Crippen LogP contribution is -2.10. The van der Waals surface area contributed by atoms with Crippen molar-refractivity contribution in [2.45, 2.75) is 26.2 Å². The van der Waals surface area contributed by atoms with E-state index in [0.717, 1.165) is 5.56 Å². The Hall–Kier alpha value is -2.74. The van der Waals surface area contributed by atoms with Crippen molar-refractivity contribution in [3.63, 3.8) is 0 Å². The van der Waals surface area contributed by atoms with Gasteiger partial charge < -0.3 is 10.2 Å². The van der Waals surface area contributed by atoms with Crippen LogP contribution in [0, 0.1) is 0 Å². The van der Waals surface area contributed by atoms with E-state index in [1.807, 2.05) is 54.6 Å². The molecule has 0 saturated heterocycles. The van der Waals surface area contributed by atoms with E-state index in [1.165, 1.54) is 11.1 Å². The Kier molecular flexibility index (Phi) is 5.64. The largest absolute Gasteiger partial charge is 0.508 e. The summed E-state index contributed by atoms with van der Waals surface area (Å²) >= 11 is 0. The molecule has 3 aromatic rings. The Balaban J connectivity index is 0.000000177. The maximum atomic E-state index is 9.10. The first-order chi connectivity index (χ1) is 11.4. The third-order valence-electron chi connectivity index (χ3n) is 3.71. The van der Waals surface area contributed by atoms with Crippen LogP contribution >= 0.6 is 0 Å². The molecule has 0 amide bonds. The molecule has 24 heavy (non-hydrogen) atoms.